The highest BCUT2D eigenvalue weighted by molar-refractivity contribution is 5.47. The zero-order valence-electron chi connectivity index (χ0n) is 18.2. The number of hydrogen-bond acceptors (Lipinski definition) is 9. The van der Waals surface area contributed by atoms with Crippen LogP contribution in [0.3, 0.4) is 0 Å². The van der Waals surface area contributed by atoms with Gasteiger partial charge >= 0.3 is 0 Å². The standard InChI is InChI=1S/C22H36O9/c23-3-1-5-28-17-19-15-21-22(16-20(19)18-29-6-2-4-24)31-14-12-27-10-8-25-7-9-26-11-13-30-21/h15-16,23-24H,1-14,17-18H2. The molecule has 178 valence electrons. The maximum atomic E-state index is 8.96. The van der Waals surface area contributed by atoms with Gasteiger partial charge in [-0.25, -0.2) is 0 Å². The molecule has 0 saturated carbocycles. The van der Waals surface area contributed by atoms with Crippen molar-refractivity contribution in [1.29, 1.82) is 0 Å². The smallest absolute Gasteiger partial charge is 0.161 e. The Morgan fingerprint density at radius 1 is 0.613 bits per heavy atom. The Bertz CT molecular complexity index is 533. The fraction of sp³-hybridized carbons (Fsp3) is 0.727. The summed E-state index contributed by atoms with van der Waals surface area (Å²) < 4.78 is 39.7. The number of aliphatic hydroxyl groups excluding tert-OH is 2. The number of ether oxygens (including phenoxy) is 7. The summed E-state index contributed by atoms with van der Waals surface area (Å²) in [6.45, 7) is 5.51. The van der Waals surface area contributed by atoms with E-state index < -0.39 is 0 Å². The van der Waals surface area contributed by atoms with E-state index in [-0.39, 0.29) is 13.2 Å². The van der Waals surface area contributed by atoms with Crippen LogP contribution in [0.5, 0.6) is 11.5 Å². The van der Waals surface area contributed by atoms with Crippen molar-refractivity contribution in [2.24, 2.45) is 0 Å². The van der Waals surface area contributed by atoms with Crippen LogP contribution in [0.25, 0.3) is 0 Å². The topological polar surface area (TPSA) is 105 Å². The van der Waals surface area contributed by atoms with Crippen molar-refractivity contribution in [3.63, 3.8) is 0 Å². The molecule has 2 rings (SSSR count). The third-order valence-electron chi connectivity index (χ3n) is 4.39. The van der Waals surface area contributed by atoms with Gasteiger partial charge in [0.15, 0.2) is 11.5 Å². The van der Waals surface area contributed by atoms with Gasteiger partial charge < -0.3 is 43.4 Å². The lowest BCUT2D eigenvalue weighted by Crippen LogP contribution is -2.13. The van der Waals surface area contributed by atoms with Crippen LogP contribution in [0.15, 0.2) is 12.1 Å². The maximum Gasteiger partial charge on any atom is 0.161 e. The molecule has 1 heterocycles. The highest BCUT2D eigenvalue weighted by Gasteiger charge is 2.14. The van der Waals surface area contributed by atoms with Crippen LogP contribution < -0.4 is 9.47 Å². The van der Waals surface area contributed by atoms with Crippen molar-refractivity contribution in [2.75, 3.05) is 79.3 Å². The Hall–Kier alpha value is -1.46. The number of benzene rings is 1. The van der Waals surface area contributed by atoms with Gasteiger partial charge in [0.05, 0.1) is 52.9 Å². The first-order valence-electron chi connectivity index (χ1n) is 10.9. The minimum atomic E-state index is 0.0887. The van der Waals surface area contributed by atoms with Crippen molar-refractivity contribution >= 4 is 0 Å². The largest absolute Gasteiger partial charge is 0.487 e. The van der Waals surface area contributed by atoms with E-state index in [0.29, 0.717) is 104 Å². The van der Waals surface area contributed by atoms with Crippen LogP contribution in [-0.2, 0) is 36.9 Å². The predicted molar refractivity (Wildman–Crippen MR) is 113 cm³/mol. The number of fused-ring (bicyclic) bond motifs is 1. The lowest BCUT2D eigenvalue weighted by Gasteiger charge is -2.18. The summed E-state index contributed by atoms with van der Waals surface area (Å²) in [6.07, 6.45) is 1.15. The summed E-state index contributed by atoms with van der Waals surface area (Å²) in [6, 6.07) is 3.81. The molecule has 0 aromatic heterocycles. The summed E-state index contributed by atoms with van der Waals surface area (Å²) in [5.41, 5.74) is 1.85. The van der Waals surface area contributed by atoms with E-state index in [1.807, 2.05) is 12.1 Å². The van der Waals surface area contributed by atoms with Crippen LogP contribution in [0.2, 0.25) is 0 Å². The summed E-state index contributed by atoms with van der Waals surface area (Å²) in [4.78, 5) is 0. The lowest BCUT2D eigenvalue weighted by molar-refractivity contribution is 0.00707. The van der Waals surface area contributed by atoms with Crippen molar-refractivity contribution in [3.05, 3.63) is 23.3 Å². The van der Waals surface area contributed by atoms with Gasteiger partial charge in [0, 0.05) is 26.4 Å². The Morgan fingerprint density at radius 2 is 1.00 bits per heavy atom. The molecule has 0 spiro atoms. The molecule has 0 atom stereocenters. The average Bonchev–Trinajstić information content (AvgIpc) is 2.79. The second-order valence-electron chi connectivity index (χ2n) is 6.86. The monoisotopic (exact) mass is 444 g/mol. The Morgan fingerprint density at radius 3 is 1.39 bits per heavy atom. The van der Waals surface area contributed by atoms with Crippen LogP contribution in [0.4, 0.5) is 0 Å². The van der Waals surface area contributed by atoms with Gasteiger partial charge in [-0.3, -0.25) is 0 Å². The molecule has 9 nitrogen and oxygen atoms in total. The average molecular weight is 445 g/mol. The molecule has 1 aliphatic heterocycles. The van der Waals surface area contributed by atoms with E-state index in [1.165, 1.54) is 0 Å². The van der Waals surface area contributed by atoms with Gasteiger partial charge in [-0.1, -0.05) is 0 Å². The van der Waals surface area contributed by atoms with Crippen molar-refractivity contribution < 1.29 is 43.4 Å². The van der Waals surface area contributed by atoms with E-state index in [1.54, 1.807) is 0 Å². The fourth-order valence-electron chi connectivity index (χ4n) is 2.80. The molecule has 2 N–H and O–H groups in total. The molecule has 1 aromatic rings. The quantitative estimate of drug-likeness (QED) is 0.517. The molecule has 0 aliphatic carbocycles. The normalized spacial score (nSPS) is 16.5. The summed E-state index contributed by atoms with van der Waals surface area (Å²) >= 11 is 0. The summed E-state index contributed by atoms with van der Waals surface area (Å²) in [5.74, 6) is 1.21. The van der Waals surface area contributed by atoms with Gasteiger partial charge in [0.25, 0.3) is 0 Å². The van der Waals surface area contributed by atoms with E-state index in [4.69, 9.17) is 43.4 Å². The minimum Gasteiger partial charge on any atom is -0.487 e. The van der Waals surface area contributed by atoms with Gasteiger partial charge in [0.2, 0.25) is 0 Å². The van der Waals surface area contributed by atoms with Gasteiger partial charge in [-0.2, -0.15) is 0 Å². The lowest BCUT2D eigenvalue weighted by atomic mass is 10.1. The van der Waals surface area contributed by atoms with Crippen molar-refractivity contribution in [3.8, 4) is 11.5 Å². The van der Waals surface area contributed by atoms with Crippen molar-refractivity contribution in [2.45, 2.75) is 26.1 Å². The SMILES string of the molecule is OCCCOCc1cc2c(cc1COCCCO)OCCOCCOCCOCCO2. The van der Waals surface area contributed by atoms with Crippen LogP contribution >= 0.6 is 0 Å². The Kier molecular flexibility index (Phi) is 14.3. The minimum absolute atomic E-state index is 0.0887. The third kappa shape index (κ3) is 11.1. The van der Waals surface area contributed by atoms with E-state index >= 15 is 0 Å². The second-order valence-corrected chi connectivity index (χ2v) is 6.86. The molecule has 0 fully saturated rings. The third-order valence-corrected chi connectivity index (χ3v) is 4.39. The first-order valence-corrected chi connectivity index (χ1v) is 10.9. The Labute approximate surface area is 184 Å². The molecule has 0 saturated heterocycles. The number of aliphatic hydroxyl groups is 2. The van der Waals surface area contributed by atoms with Gasteiger partial charge in [0.1, 0.15) is 13.2 Å². The van der Waals surface area contributed by atoms with Gasteiger partial charge in [-0.15, -0.1) is 0 Å². The number of rotatable bonds is 10. The van der Waals surface area contributed by atoms with Crippen molar-refractivity contribution in [1.82, 2.24) is 0 Å². The molecular formula is C22H36O9. The molecule has 9 heteroatoms. The molecule has 0 radical (unpaired) electrons. The molecular weight excluding hydrogens is 408 g/mol. The van der Waals surface area contributed by atoms with Gasteiger partial charge in [-0.05, 0) is 36.1 Å². The fourth-order valence-corrected chi connectivity index (χ4v) is 2.80. The molecule has 0 bridgehead atoms. The first kappa shape index (κ1) is 25.8. The zero-order valence-corrected chi connectivity index (χ0v) is 18.2. The molecule has 0 unspecified atom stereocenters. The predicted octanol–water partition coefficient (Wildman–Crippen LogP) is 1.31. The molecule has 1 aromatic carbocycles. The van der Waals surface area contributed by atoms with Crippen LogP contribution in [-0.4, -0.2) is 89.5 Å². The van der Waals surface area contributed by atoms with Crippen LogP contribution in [0.1, 0.15) is 24.0 Å². The van der Waals surface area contributed by atoms with Crippen LogP contribution in [0, 0.1) is 0 Å². The molecule has 0 amide bonds. The molecule has 1 aliphatic rings. The highest BCUT2D eigenvalue weighted by atomic mass is 16.6. The maximum absolute atomic E-state index is 8.96. The van der Waals surface area contributed by atoms with E-state index in [0.717, 1.165) is 11.1 Å². The molecule has 31 heavy (non-hydrogen) atoms. The summed E-state index contributed by atoms with van der Waals surface area (Å²) in [7, 11) is 0. The summed E-state index contributed by atoms with van der Waals surface area (Å²) in [5, 5.41) is 17.9. The second kappa shape index (κ2) is 17.1. The Balaban J connectivity index is 2.11. The zero-order chi connectivity index (χ0) is 22.0. The first-order chi connectivity index (χ1) is 15.3. The van der Waals surface area contributed by atoms with E-state index in [9.17, 15) is 0 Å². The van der Waals surface area contributed by atoms with E-state index in [2.05, 4.69) is 0 Å². The highest BCUT2D eigenvalue weighted by Crippen LogP contribution is 2.32. The number of hydrogen-bond donors (Lipinski definition) is 2.